The molecule has 0 aliphatic heterocycles. The van der Waals surface area contributed by atoms with Crippen molar-refractivity contribution in [3.05, 3.63) is 0 Å². The molecule has 0 bridgehead atoms. The van der Waals surface area contributed by atoms with Crippen molar-refractivity contribution >= 4 is 24.4 Å². The number of thiol groups is 1. The Morgan fingerprint density at radius 1 is 1.25 bits per heavy atom. The van der Waals surface area contributed by atoms with Gasteiger partial charge in [-0.1, -0.05) is 46.0 Å². The van der Waals surface area contributed by atoms with E-state index in [1.54, 1.807) is 0 Å². The first-order valence-corrected chi connectivity index (χ1v) is 8.39. The molecule has 0 aromatic heterocycles. The minimum atomic E-state index is -0.0481. The monoisotopic (exact) mass is 264 g/mol. The molecule has 0 spiro atoms. The molecule has 3 heteroatoms. The van der Waals surface area contributed by atoms with E-state index in [0.717, 1.165) is 29.6 Å². The summed E-state index contributed by atoms with van der Waals surface area (Å²) < 4.78 is 0. The normalized spacial score (nSPS) is 18.8. The van der Waals surface area contributed by atoms with Gasteiger partial charge in [-0.2, -0.15) is 24.4 Å². The van der Waals surface area contributed by atoms with Gasteiger partial charge in [-0.3, -0.25) is 0 Å². The maximum atomic E-state index is 9.71. The second-order valence-corrected chi connectivity index (χ2v) is 6.32. The molecule has 0 heterocycles. The van der Waals surface area contributed by atoms with Crippen LogP contribution >= 0.6 is 24.4 Å². The molecule has 1 nitrogen and oxygen atoms in total. The Kier molecular flexibility index (Phi) is 12.6. The predicted molar refractivity (Wildman–Crippen MR) is 79.7 cm³/mol. The number of hydrogen-bond acceptors (Lipinski definition) is 3. The number of thioether (sulfide) groups is 1. The Labute approximate surface area is 111 Å². The summed E-state index contributed by atoms with van der Waals surface area (Å²) in [4.78, 5) is 0. The standard InChI is InChI=1S/C11H22OS.C2H6S/c1-2-13-9-11(12)8-10-6-4-3-5-7-10;1-2-3/h10-12H,2-9H2,1H3;3H,2H2,1H3. The lowest BCUT2D eigenvalue weighted by molar-refractivity contribution is 0.150. The summed E-state index contributed by atoms with van der Waals surface area (Å²) in [5, 5.41) is 9.71. The quantitative estimate of drug-likeness (QED) is 0.732. The van der Waals surface area contributed by atoms with Gasteiger partial charge in [0.15, 0.2) is 0 Å². The molecule has 1 aliphatic rings. The molecular formula is C13H28OS2. The van der Waals surface area contributed by atoms with Gasteiger partial charge in [0.25, 0.3) is 0 Å². The molecule has 98 valence electrons. The first-order chi connectivity index (χ1) is 7.74. The highest BCUT2D eigenvalue weighted by Gasteiger charge is 2.16. The van der Waals surface area contributed by atoms with Crippen molar-refractivity contribution in [2.45, 2.75) is 58.5 Å². The van der Waals surface area contributed by atoms with E-state index in [2.05, 4.69) is 19.6 Å². The van der Waals surface area contributed by atoms with E-state index in [-0.39, 0.29) is 6.10 Å². The largest absolute Gasteiger partial charge is 0.392 e. The Morgan fingerprint density at radius 2 is 1.81 bits per heavy atom. The van der Waals surface area contributed by atoms with E-state index in [1.807, 2.05) is 18.7 Å². The van der Waals surface area contributed by atoms with E-state index < -0.39 is 0 Å². The van der Waals surface area contributed by atoms with Gasteiger partial charge in [0.05, 0.1) is 6.10 Å². The minimum absolute atomic E-state index is 0.0481. The van der Waals surface area contributed by atoms with Crippen LogP contribution in [-0.4, -0.2) is 28.5 Å². The molecule has 1 unspecified atom stereocenters. The number of aliphatic hydroxyl groups excluding tert-OH is 1. The van der Waals surface area contributed by atoms with Crippen molar-refractivity contribution in [3.63, 3.8) is 0 Å². The maximum absolute atomic E-state index is 9.71. The van der Waals surface area contributed by atoms with Crippen molar-refractivity contribution in [2.75, 3.05) is 17.3 Å². The van der Waals surface area contributed by atoms with Gasteiger partial charge in [0.1, 0.15) is 0 Å². The van der Waals surface area contributed by atoms with Crippen LogP contribution in [0, 0.1) is 5.92 Å². The zero-order chi connectivity index (χ0) is 12.2. The van der Waals surface area contributed by atoms with E-state index in [0.29, 0.717) is 0 Å². The van der Waals surface area contributed by atoms with E-state index in [9.17, 15) is 5.11 Å². The molecule has 1 saturated carbocycles. The Hall–Kier alpha value is 0.660. The fraction of sp³-hybridized carbons (Fsp3) is 1.00. The van der Waals surface area contributed by atoms with Crippen LogP contribution in [0.2, 0.25) is 0 Å². The van der Waals surface area contributed by atoms with Gasteiger partial charge in [-0.15, -0.1) is 0 Å². The molecule has 0 aromatic carbocycles. The third-order valence-electron chi connectivity index (χ3n) is 2.84. The van der Waals surface area contributed by atoms with Crippen LogP contribution in [-0.2, 0) is 0 Å². The van der Waals surface area contributed by atoms with E-state index in [1.165, 1.54) is 32.1 Å². The molecule has 0 saturated heterocycles. The maximum Gasteiger partial charge on any atom is 0.0633 e. The smallest absolute Gasteiger partial charge is 0.0633 e. The molecule has 1 N–H and O–H groups in total. The molecular weight excluding hydrogens is 236 g/mol. The molecule has 1 aliphatic carbocycles. The summed E-state index contributed by atoms with van der Waals surface area (Å²) in [6, 6.07) is 0. The fourth-order valence-corrected chi connectivity index (χ4v) is 2.77. The van der Waals surface area contributed by atoms with Gasteiger partial charge in [0.2, 0.25) is 0 Å². The third-order valence-corrected chi connectivity index (χ3v) is 3.87. The molecule has 1 atom stereocenters. The van der Waals surface area contributed by atoms with Crippen LogP contribution in [0.15, 0.2) is 0 Å². The molecule has 1 fully saturated rings. The summed E-state index contributed by atoms with van der Waals surface area (Å²) >= 11 is 5.64. The Morgan fingerprint density at radius 3 is 2.31 bits per heavy atom. The number of rotatable bonds is 5. The fourth-order valence-electron chi connectivity index (χ4n) is 2.13. The average molecular weight is 264 g/mol. The summed E-state index contributed by atoms with van der Waals surface area (Å²) in [5.74, 6) is 3.83. The van der Waals surface area contributed by atoms with Crippen LogP contribution in [0.25, 0.3) is 0 Å². The van der Waals surface area contributed by atoms with Crippen molar-refractivity contribution < 1.29 is 5.11 Å². The second kappa shape index (κ2) is 12.1. The van der Waals surface area contributed by atoms with Gasteiger partial charge in [0, 0.05) is 5.75 Å². The SMILES string of the molecule is CCS.CCSCC(O)CC1CCCCC1. The van der Waals surface area contributed by atoms with Gasteiger partial charge >= 0.3 is 0 Å². The van der Waals surface area contributed by atoms with E-state index in [4.69, 9.17) is 0 Å². The summed E-state index contributed by atoms with van der Waals surface area (Å²) in [6.07, 6.45) is 7.90. The van der Waals surface area contributed by atoms with Crippen LogP contribution in [0.5, 0.6) is 0 Å². The average Bonchev–Trinajstić information content (AvgIpc) is 2.29. The highest BCUT2D eigenvalue weighted by molar-refractivity contribution is 7.99. The predicted octanol–water partition coefficient (Wildman–Crippen LogP) is 4.01. The van der Waals surface area contributed by atoms with E-state index >= 15 is 0 Å². The summed E-state index contributed by atoms with van der Waals surface area (Å²) in [5.41, 5.74) is 0. The first kappa shape index (κ1) is 16.7. The van der Waals surface area contributed by atoms with Crippen molar-refractivity contribution in [1.82, 2.24) is 0 Å². The first-order valence-electron chi connectivity index (χ1n) is 6.61. The van der Waals surface area contributed by atoms with Gasteiger partial charge in [-0.25, -0.2) is 0 Å². The summed E-state index contributed by atoms with van der Waals surface area (Å²) in [6.45, 7) is 4.14. The Balaban J connectivity index is 0.000000673. The minimum Gasteiger partial charge on any atom is -0.392 e. The van der Waals surface area contributed by atoms with Crippen LogP contribution in [0.1, 0.15) is 52.4 Å². The van der Waals surface area contributed by atoms with Crippen LogP contribution in [0.4, 0.5) is 0 Å². The molecule has 0 radical (unpaired) electrons. The topological polar surface area (TPSA) is 20.2 Å². The highest BCUT2D eigenvalue weighted by atomic mass is 32.2. The lowest BCUT2D eigenvalue weighted by atomic mass is 9.86. The van der Waals surface area contributed by atoms with Gasteiger partial charge in [-0.05, 0) is 23.8 Å². The highest BCUT2D eigenvalue weighted by Crippen LogP contribution is 2.27. The zero-order valence-electron chi connectivity index (χ0n) is 10.8. The third kappa shape index (κ3) is 9.86. The van der Waals surface area contributed by atoms with Crippen molar-refractivity contribution in [1.29, 1.82) is 0 Å². The molecule has 1 rings (SSSR count). The lowest BCUT2D eigenvalue weighted by Crippen LogP contribution is -2.18. The van der Waals surface area contributed by atoms with Crippen molar-refractivity contribution in [3.8, 4) is 0 Å². The number of hydrogen-bond donors (Lipinski definition) is 2. The number of aliphatic hydroxyl groups is 1. The second-order valence-electron chi connectivity index (χ2n) is 4.37. The zero-order valence-corrected chi connectivity index (χ0v) is 12.5. The molecule has 0 aromatic rings. The lowest BCUT2D eigenvalue weighted by Gasteiger charge is -2.23. The van der Waals surface area contributed by atoms with Crippen LogP contribution < -0.4 is 0 Å². The van der Waals surface area contributed by atoms with Crippen LogP contribution in [0.3, 0.4) is 0 Å². The molecule has 16 heavy (non-hydrogen) atoms. The Bertz CT molecular complexity index is 136. The summed E-state index contributed by atoms with van der Waals surface area (Å²) in [7, 11) is 0. The molecule has 0 amide bonds. The van der Waals surface area contributed by atoms with Crippen molar-refractivity contribution in [2.24, 2.45) is 5.92 Å². The van der Waals surface area contributed by atoms with Gasteiger partial charge < -0.3 is 5.11 Å².